The topological polar surface area (TPSA) is 84.9 Å². The Morgan fingerprint density at radius 2 is 1.71 bits per heavy atom. The first kappa shape index (κ1) is 20.7. The minimum absolute atomic E-state index is 0.122. The van der Waals surface area contributed by atoms with Gasteiger partial charge >= 0.3 is 0 Å². The molecule has 1 atom stereocenters. The molecule has 7 nitrogen and oxygen atoms in total. The average Bonchev–Trinajstić information content (AvgIpc) is 2.82. The number of nitrogens with zero attached hydrogens (tertiary/aromatic N) is 1. The zero-order valence-corrected chi connectivity index (χ0v) is 17.7. The molecule has 160 valence electrons. The van der Waals surface area contributed by atoms with Crippen LogP contribution in [0.3, 0.4) is 0 Å². The second-order valence-electron chi connectivity index (χ2n) is 6.99. The number of sulfonamides is 1. The minimum atomic E-state index is -3.86. The summed E-state index contributed by atoms with van der Waals surface area (Å²) in [5.74, 6) is 0.681. The van der Waals surface area contributed by atoms with E-state index < -0.39 is 22.0 Å². The summed E-state index contributed by atoms with van der Waals surface area (Å²) < 4.78 is 38.8. The van der Waals surface area contributed by atoms with Gasteiger partial charge in [-0.25, -0.2) is 8.42 Å². The Kier molecular flexibility index (Phi) is 5.81. The van der Waals surface area contributed by atoms with E-state index in [4.69, 9.17) is 9.47 Å². The van der Waals surface area contributed by atoms with E-state index in [-0.39, 0.29) is 18.0 Å². The highest BCUT2D eigenvalue weighted by Gasteiger charge is 2.37. The highest BCUT2D eigenvalue weighted by Crippen LogP contribution is 2.36. The van der Waals surface area contributed by atoms with Crippen LogP contribution in [0.1, 0.15) is 5.56 Å². The Morgan fingerprint density at radius 3 is 2.42 bits per heavy atom. The zero-order valence-electron chi connectivity index (χ0n) is 16.9. The number of hydrogen-bond acceptors (Lipinski definition) is 5. The van der Waals surface area contributed by atoms with E-state index in [2.05, 4.69) is 5.32 Å². The molecule has 3 aromatic carbocycles. The third-order valence-corrected chi connectivity index (χ3v) is 6.78. The lowest BCUT2D eigenvalue weighted by molar-refractivity contribution is -0.127. The first-order valence-electron chi connectivity index (χ1n) is 9.73. The molecule has 1 aliphatic rings. The quantitative estimate of drug-likeness (QED) is 0.640. The molecule has 0 aromatic heterocycles. The fraction of sp³-hybridized carbons (Fsp3) is 0.174. The van der Waals surface area contributed by atoms with Crippen molar-refractivity contribution < 1.29 is 22.7 Å². The summed E-state index contributed by atoms with van der Waals surface area (Å²) in [6, 6.07) is 22.3. The number of rotatable bonds is 6. The van der Waals surface area contributed by atoms with Crippen LogP contribution in [0.25, 0.3) is 0 Å². The molecule has 1 amide bonds. The smallest absolute Gasteiger partial charge is 0.264 e. The van der Waals surface area contributed by atoms with Crippen LogP contribution in [-0.4, -0.2) is 34.1 Å². The number of benzene rings is 3. The number of nitrogens with one attached hydrogen (secondary N) is 1. The largest absolute Gasteiger partial charge is 0.497 e. The maximum absolute atomic E-state index is 13.3. The van der Waals surface area contributed by atoms with E-state index in [1.165, 1.54) is 16.4 Å². The van der Waals surface area contributed by atoms with Gasteiger partial charge in [0.05, 0.1) is 24.2 Å². The molecule has 8 heteroatoms. The molecule has 0 saturated heterocycles. The molecule has 4 rings (SSSR count). The number of amides is 1. The molecule has 0 fully saturated rings. The number of hydrogen-bond donors (Lipinski definition) is 1. The normalized spacial score (nSPS) is 15.5. The van der Waals surface area contributed by atoms with Gasteiger partial charge in [-0.15, -0.1) is 0 Å². The van der Waals surface area contributed by atoms with Gasteiger partial charge in [-0.2, -0.15) is 0 Å². The van der Waals surface area contributed by atoms with Crippen molar-refractivity contribution in [3.8, 4) is 11.5 Å². The second kappa shape index (κ2) is 8.69. The van der Waals surface area contributed by atoms with Crippen molar-refractivity contribution in [2.24, 2.45) is 0 Å². The van der Waals surface area contributed by atoms with E-state index in [0.29, 0.717) is 11.4 Å². The van der Waals surface area contributed by atoms with Crippen molar-refractivity contribution >= 4 is 21.6 Å². The number of anilines is 1. The predicted octanol–water partition coefficient (Wildman–Crippen LogP) is 2.97. The highest BCUT2D eigenvalue weighted by molar-refractivity contribution is 7.92. The van der Waals surface area contributed by atoms with E-state index in [1.54, 1.807) is 49.6 Å². The summed E-state index contributed by atoms with van der Waals surface area (Å²) in [7, 11) is -2.27. The second-order valence-corrected chi connectivity index (χ2v) is 8.85. The summed E-state index contributed by atoms with van der Waals surface area (Å²) in [5, 5.41) is 2.82. The summed E-state index contributed by atoms with van der Waals surface area (Å²) >= 11 is 0. The van der Waals surface area contributed by atoms with Gasteiger partial charge in [-0.3, -0.25) is 9.10 Å². The molecule has 3 aromatic rings. The van der Waals surface area contributed by atoms with E-state index in [1.807, 2.05) is 24.3 Å². The van der Waals surface area contributed by atoms with Crippen molar-refractivity contribution in [2.45, 2.75) is 17.5 Å². The number of fused-ring (bicyclic) bond motifs is 1. The third-order valence-electron chi connectivity index (χ3n) is 4.98. The average molecular weight is 439 g/mol. The Balaban J connectivity index is 1.55. The number of carbonyl (C=O) groups is 1. The molecule has 0 radical (unpaired) electrons. The van der Waals surface area contributed by atoms with Gasteiger partial charge in [-0.05, 0) is 42.0 Å². The molecule has 0 spiro atoms. The molecule has 1 aliphatic heterocycles. The molecule has 0 unspecified atom stereocenters. The van der Waals surface area contributed by atoms with Gasteiger partial charge in [0.1, 0.15) is 11.5 Å². The Hall–Kier alpha value is -3.52. The lowest BCUT2D eigenvalue weighted by Gasteiger charge is -2.34. The molecule has 1 heterocycles. The standard InChI is InChI=1S/C23H22N2O5S/c1-29-18-13-11-17(12-14-18)15-24-23(26)22-16-25(20-9-5-6-10-21(20)30-22)31(27,28)19-7-3-2-4-8-19/h2-14,22H,15-16H2,1H3,(H,24,26)/t22-/m0/s1. The molecular weight excluding hydrogens is 416 g/mol. The number of methoxy groups -OCH3 is 1. The van der Waals surface area contributed by atoms with Crippen molar-refractivity contribution in [3.05, 3.63) is 84.4 Å². The molecule has 31 heavy (non-hydrogen) atoms. The lowest BCUT2D eigenvalue weighted by Crippen LogP contribution is -2.50. The maximum atomic E-state index is 13.3. The number of para-hydroxylation sites is 2. The fourth-order valence-corrected chi connectivity index (χ4v) is 4.83. The first-order valence-corrected chi connectivity index (χ1v) is 11.2. The van der Waals surface area contributed by atoms with Crippen LogP contribution in [0.2, 0.25) is 0 Å². The lowest BCUT2D eigenvalue weighted by atomic mass is 10.2. The SMILES string of the molecule is COc1ccc(CNC(=O)[C@@H]2CN(S(=O)(=O)c3ccccc3)c3ccccc3O2)cc1. The van der Waals surface area contributed by atoms with Crippen molar-refractivity contribution in [1.82, 2.24) is 5.32 Å². The van der Waals surface area contributed by atoms with Crippen molar-refractivity contribution in [3.63, 3.8) is 0 Å². The van der Waals surface area contributed by atoms with Crippen LogP contribution in [0.15, 0.2) is 83.8 Å². The van der Waals surface area contributed by atoms with E-state index in [9.17, 15) is 13.2 Å². The Labute approximate surface area is 181 Å². The van der Waals surface area contributed by atoms with Crippen LogP contribution in [0.4, 0.5) is 5.69 Å². The Bertz CT molecular complexity index is 1160. The molecule has 0 bridgehead atoms. The van der Waals surface area contributed by atoms with Crippen LogP contribution >= 0.6 is 0 Å². The number of carbonyl (C=O) groups excluding carboxylic acids is 1. The van der Waals surface area contributed by atoms with E-state index >= 15 is 0 Å². The minimum Gasteiger partial charge on any atom is -0.497 e. The van der Waals surface area contributed by atoms with Crippen molar-refractivity contribution in [2.75, 3.05) is 18.0 Å². The van der Waals surface area contributed by atoms with Gasteiger partial charge in [0.25, 0.3) is 15.9 Å². The first-order chi connectivity index (χ1) is 15.0. The molecule has 0 aliphatic carbocycles. The summed E-state index contributed by atoms with van der Waals surface area (Å²) in [4.78, 5) is 13.0. The maximum Gasteiger partial charge on any atom is 0.264 e. The third kappa shape index (κ3) is 4.34. The Morgan fingerprint density at radius 1 is 1.03 bits per heavy atom. The van der Waals surface area contributed by atoms with Gasteiger partial charge in [0, 0.05) is 6.54 Å². The van der Waals surface area contributed by atoms with Crippen LogP contribution < -0.4 is 19.1 Å². The zero-order chi connectivity index (χ0) is 21.8. The summed E-state index contributed by atoms with van der Waals surface area (Å²) in [5.41, 5.74) is 1.30. The van der Waals surface area contributed by atoms with E-state index in [0.717, 1.165) is 11.3 Å². The van der Waals surface area contributed by atoms with Crippen molar-refractivity contribution in [1.29, 1.82) is 0 Å². The molecule has 0 saturated carbocycles. The van der Waals surface area contributed by atoms with Crippen LogP contribution in [-0.2, 0) is 21.4 Å². The van der Waals surface area contributed by atoms with Gasteiger partial charge in [-0.1, -0.05) is 42.5 Å². The fourth-order valence-electron chi connectivity index (χ4n) is 3.33. The van der Waals surface area contributed by atoms with Crippen LogP contribution in [0, 0.1) is 0 Å². The predicted molar refractivity (Wildman–Crippen MR) is 117 cm³/mol. The van der Waals surface area contributed by atoms with Crippen LogP contribution in [0.5, 0.6) is 11.5 Å². The van der Waals surface area contributed by atoms with Gasteiger partial charge in [0.15, 0.2) is 6.10 Å². The molecule has 1 N–H and O–H groups in total. The number of ether oxygens (including phenoxy) is 2. The summed E-state index contributed by atoms with van der Waals surface area (Å²) in [6.45, 7) is 0.165. The monoisotopic (exact) mass is 438 g/mol. The van der Waals surface area contributed by atoms with Gasteiger partial charge < -0.3 is 14.8 Å². The molecular formula is C23H22N2O5S. The van der Waals surface area contributed by atoms with Gasteiger partial charge in [0.2, 0.25) is 0 Å². The summed E-state index contributed by atoms with van der Waals surface area (Å²) in [6.07, 6.45) is -0.980. The highest BCUT2D eigenvalue weighted by atomic mass is 32.2.